The van der Waals surface area contributed by atoms with Crippen molar-refractivity contribution >= 4 is 44.7 Å². The van der Waals surface area contributed by atoms with E-state index in [1.807, 2.05) is 25.9 Å². The first-order valence-corrected chi connectivity index (χ1v) is 15.9. The van der Waals surface area contributed by atoms with Gasteiger partial charge in [0.25, 0.3) is 5.91 Å². The Kier molecular flexibility index (Phi) is 8.64. The molecule has 6 rings (SSSR count). The molecule has 0 radical (unpaired) electrons. The van der Waals surface area contributed by atoms with Crippen molar-refractivity contribution in [1.82, 2.24) is 19.8 Å². The van der Waals surface area contributed by atoms with Crippen LogP contribution in [0.1, 0.15) is 62.2 Å². The summed E-state index contributed by atoms with van der Waals surface area (Å²) in [5, 5.41) is 8.00. The standard InChI is InChI=1S/C33H35F3N6O2S/c1-19-4-6-21(14-27(19)40-32(44)25-17-45-30-29(25)37-18-38-31(30)39-23-8-9-23)28(43)13-20-5-7-22(26(12-20)33(34,35)36)15-42-11-10-24(16-42)41(2)3/h4-7,12,14,17-18,23-24H,8-11,13,15-16H2,1-3H3,(H,40,44)(H,37,38,39)/t24-/m0/s1. The van der Waals surface area contributed by atoms with Crippen LogP contribution < -0.4 is 10.6 Å². The van der Waals surface area contributed by atoms with Crippen molar-refractivity contribution in [3.05, 3.63) is 81.5 Å². The van der Waals surface area contributed by atoms with E-state index in [0.29, 0.717) is 46.8 Å². The molecule has 2 aliphatic rings. The molecule has 45 heavy (non-hydrogen) atoms. The molecule has 2 aromatic carbocycles. The number of thiophene rings is 1. The average molecular weight is 637 g/mol. The molecule has 1 saturated carbocycles. The topological polar surface area (TPSA) is 90.5 Å². The molecule has 3 heterocycles. The minimum absolute atomic E-state index is 0.199. The second-order valence-corrected chi connectivity index (χ2v) is 13.1. The number of hydrogen-bond donors (Lipinski definition) is 2. The minimum atomic E-state index is -4.54. The summed E-state index contributed by atoms with van der Waals surface area (Å²) in [6.45, 7) is 3.47. The molecule has 1 amide bonds. The van der Waals surface area contributed by atoms with E-state index in [0.717, 1.165) is 42.1 Å². The number of rotatable bonds is 10. The van der Waals surface area contributed by atoms with E-state index in [1.165, 1.54) is 23.7 Å². The van der Waals surface area contributed by atoms with Crippen LogP contribution in [-0.2, 0) is 19.1 Å². The zero-order valence-electron chi connectivity index (χ0n) is 25.4. The van der Waals surface area contributed by atoms with Crippen LogP contribution >= 0.6 is 11.3 Å². The molecule has 12 heteroatoms. The van der Waals surface area contributed by atoms with Gasteiger partial charge in [0.1, 0.15) is 12.1 Å². The number of nitrogens with one attached hydrogen (secondary N) is 2. The lowest BCUT2D eigenvalue weighted by atomic mass is 9.97. The normalized spacial score (nSPS) is 17.3. The molecule has 2 aromatic heterocycles. The Balaban J connectivity index is 1.17. The average Bonchev–Trinajstić information content (AvgIpc) is 3.49. The zero-order chi connectivity index (χ0) is 31.9. The Morgan fingerprint density at radius 3 is 2.60 bits per heavy atom. The highest BCUT2D eigenvalue weighted by Gasteiger charge is 2.35. The third-order valence-electron chi connectivity index (χ3n) is 8.54. The number of fused-ring (bicyclic) bond motifs is 1. The smallest absolute Gasteiger partial charge is 0.366 e. The molecule has 2 N–H and O–H groups in total. The first kappa shape index (κ1) is 31.1. The van der Waals surface area contributed by atoms with Gasteiger partial charge < -0.3 is 15.5 Å². The van der Waals surface area contributed by atoms with Crippen molar-refractivity contribution in [2.45, 2.75) is 57.4 Å². The summed E-state index contributed by atoms with van der Waals surface area (Å²) in [7, 11) is 3.96. The van der Waals surface area contributed by atoms with Gasteiger partial charge in [0.15, 0.2) is 5.78 Å². The summed E-state index contributed by atoms with van der Waals surface area (Å²) in [6, 6.07) is 9.84. The highest BCUT2D eigenvalue weighted by Crippen LogP contribution is 2.35. The van der Waals surface area contributed by atoms with E-state index >= 15 is 0 Å². The molecular formula is C33H35F3N6O2S. The van der Waals surface area contributed by atoms with Gasteiger partial charge in [-0.3, -0.25) is 14.5 Å². The van der Waals surface area contributed by atoms with Crippen molar-refractivity contribution in [2.24, 2.45) is 0 Å². The van der Waals surface area contributed by atoms with E-state index in [1.54, 1.807) is 29.6 Å². The maximum Gasteiger partial charge on any atom is 0.416 e. The second-order valence-electron chi connectivity index (χ2n) is 12.2. The number of carbonyl (C=O) groups excluding carboxylic acids is 2. The maximum atomic E-state index is 14.1. The number of aromatic nitrogens is 2. The van der Waals surface area contributed by atoms with Crippen molar-refractivity contribution in [2.75, 3.05) is 37.8 Å². The van der Waals surface area contributed by atoms with Gasteiger partial charge in [-0.05, 0) is 69.1 Å². The van der Waals surface area contributed by atoms with E-state index in [9.17, 15) is 22.8 Å². The van der Waals surface area contributed by atoms with Gasteiger partial charge in [0, 0.05) is 54.8 Å². The van der Waals surface area contributed by atoms with E-state index in [4.69, 9.17) is 0 Å². The second kappa shape index (κ2) is 12.5. The number of carbonyl (C=O) groups is 2. The number of hydrogen-bond acceptors (Lipinski definition) is 8. The number of amides is 1. The predicted molar refractivity (Wildman–Crippen MR) is 170 cm³/mol. The molecule has 4 aromatic rings. The SMILES string of the molecule is Cc1ccc(C(=O)Cc2ccc(CN3CC[C@H](N(C)C)C3)c(C(F)(F)F)c2)cc1NC(=O)c1csc2c(NC3CC3)ncnc12. The number of ketones is 1. The lowest BCUT2D eigenvalue weighted by molar-refractivity contribution is -0.138. The fourth-order valence-electron chi connectivity index (χ4n) is 5.70. The molecule has 0 bridgehead atoms. The summed E-state index contributed by atoms with van der Waals surface area (Å²) in [6.07, 6.45) is -0.216. The first-order valence-electron chi connectivity index (χ1n) is 15.0. The summed E-state index contributed by atoms with van der Waals surface area (Å²) in [4.78, 5) is 39.4. The number of alkyl halides is 3. The fraction of sp³-hybridized carbons (Fsp3) is 0.394. The summed E-state index contributed by atoms with van der Waals surface area (Å²) in [5.41, 5.74) is 2.23. The van der Waals surface area contributed by atoms with Crippen LogP contribution in [0.5, 0.6) is 0 Å². The van der Waals surface area contributed by atoms with Gasteiger partial charge in [0.2, 0.25) is 0 Å². The zero-order valence-corrected chi connectivity index (χ0v) is 26.2. The Bertz CT molecular complexity index is 1750. The van der Waals surface area contributed by atoms with Gasteiger partial charge in [-0.25, -0.2) is 9.97 Å². The molecule has 1 atom stereocenters. The van der Waals surface area contributed by atoms with E-state index < -0.39 is 11.7 Å². The Labute approximate surface area is 263 Å². The largest absolute Gasteiger partial charge is 0.416 e. The van der Waals surface area contributed by atoms with Crippen molar-refractivity contribution in [3.63, 3.8) is 0 Å². The number of Topliss-reactive ketones (excluding diaryl/α,β-unsaturated/α-hetero) is 1. The molecule has 8 nitrogen and oxygen atoms in total. The molecule has 0 spiro atoms. The lowest BCUT2D eigenvalue weighted by Gasteiger charge is -2.22. The van der Waals surface area contributed by atoms with Crippen LogP contribution in [0, 0.1) is 6.92 Å². The Hall–Kier alpha value is -3.87. The van der Waals surface area contributed by atoms with Crippen LogP contribution in [-0.4, -0.2) is 70.7 Å². The maximum absolute atomic E-state index is 14.1. The molecule has 2 fully saturated rings. The quantitative estimate of drug-likeness (QED) is 0.195. The molecule has 1 saturated heterocycles. The number of likely N-dealkylation sites (tertiary alicyclic amines) is 1. The summed E-state index contributed by atoms with van der Waals surface area (Å²) in [5.74, 6) is 0.000592. The lowest BCUT2D eigenvalue weighted by Crippen LogP contribution is -2.31. The van der Waals surface area contributed by atoms with Gasteiger partial charge in [-0.15, -0.1) is 11.3 Å². The van der Waals surface area contributed by atoms with Crippen molar-refractivity contribution < 1.29 is 22.8 Å². The van der Waals surface area contributed by atoms with Crippen LogP contribution in [0.3, 0.4) is 0 Å². The third kappa shape index (κ3) is 7.03. The Morgan fingerprint density at radius 1 is 1.09 bits per heavy atom. The van der Waals surface area contributed by atoms with Gasteiger partial charge in [0.05, 0.1) is 21.3 Å². The van der Waals surface area contributed by atoms with Crippen LogP contribution in [0.4, 0.5) is 24.7 Å². The van der Waals surface area contributed by atoms with Crippen LogP contribution in [0.25, 0.3) is 10.2 Å². The number of benzene rings is 2. The predicted octanol–water partition coefficient (Wildman–Crippen LogP) is 6.41. The van der Waals surface area contributed by atoms with Crippen LogP contribution in [0.2, 0.25) is 0 Å². The van der Waals surface area contributed by atoms with E-state index in [-0.39, 0.29) is 35.8 Å². The van der Waals surface area contributed by atoms with Crippen LogP contribution in [0.15, 0.2) is 48.1 Å². The monoisotopic (exact) mass is 636 g/mol. The number of anilines is 2. The van der Waals surface area contributed by atoms with Gasteiger partial charge >= 0.3 is 6.18 Å². The van der Waals surface area contributed by atoms with E-state index in [2.05, 4.69) is 25.5 Å². The van der Waals surface area contributed by atoms with Crippen molar-refractivity contribution in [1.29, 1.82) is 0 Å². The number of aryl methyl sites for hydroxylation is 1. The number of halogens is 3. The minimum Gasteiger partial charge on any atom is -0.366 e. The summed E-state index contributed by atoms with van der Waals surface area (Å²) >= 11 is 1.39. The summed E-state index contributed by atoms with van der Waals surface area (Å²) < 4.78 is 43.2. The molecule has 236 valence electrons. The highest BCUT2D eigenvalue weighted by atomic mass is 32.1. The highest BCUT2D eigenvalue weighted by molar-refractivity contribution is 7.18. The third-order valence-corrected chi connectivity index (χ3v) is 9.52. The molecule has 1 aliphatic carbocycles. The van der Waals surface area contributed by atoms with Gasteiger partial charge in [-0.2, -0.15) is 13.2 Å². The van der Waals surface area contributed by atoms with Gasteiger partial charge in [-0.1, -0.05) is 24.3 Å². The molecule has 1 aliphatic heterocycles. The number of nitrogens with zero attached hydrogens (tertiary/aromatic N) is 4. The first-order chi connectivity index (χ1) is 21.5. The Morgan fingerprint density at radius 2 is 1.89 bits per heavy atom. The number of likely N-dealkylation sites (N-methyl/N-ethyl adjacent to an activating group) is 1. The fourth-order valence-corrected chi connectivity index (χ4v) is 6.65. The molecule has 0 unspecified atom stereocenters. The van der Waals surface area contributed by atoms with Crippen molar-refractivity contribution in [3.8, 4) is 0 Å². The molecular weight excluding hydrogens is 601 g/mol.